The van der Waals surface area contributed by atoms with E-state index in [1.165, 1.54) is 11.6 Å². The zero-order valence-corrected chi connectivity index (χ0v) is 14.1. The summed E-state index contributed by atoms with van der Waals surface area (Å²) in [6, 6.07) is 5.02. The second kappa shape index (κ2) is 5.83. The Morgan fingerprint density at radius 3 is 2.70 bits per heavy atom. The predicted octanol–water partition coefficient (Wildman–Crippen LogP) is 1.45. The van der Waals surface area contributed by atoms with Gasteiger partial charge in [0.15, 0.2) is 7.85 Å². The molecule has 2 aromatic heterocycles. The van der Waals surface area contributed by atoms with Crippen molar-refractivity contribution in [1.29, 1.82) is 0 Å². The van der Waals surface area contributed by atoms with Crippen molar-refractivity contribution in [2.45, 2.75) is 6.92 Å². The maximum atomic E-state index is 12.3. The van der Waals surface area contributed by atoms with Crippen molar-refractivity contribution in [3.05, 3.63) is 39.5 Å². The summed E-state index contributed by atoms with van der Waals surface area (Å²) in [7, 11) is 3.06. The number of nitrogens with zero attached hydrogens (tertiary/aromatic N) is 4. The van der Waals surface area contributed by atoms with Crippen LogP contribution >= 0.6 is 23.2 Å². The summed E-state index contributed by atoms with van der Waals surface area (Å²) >= 11 is 12.3. The largest absolute Gasteiger partial charge is 0.465 e. The molecule has 0 radical (unpaired) electrons. The quantitative estimate of drug-likeness (QED) is 0.518. The molecule has 0 spiro atoms. The predicted molar refractivity (Wildman–Crippen MR) is 90.5 cm³/mol. The molecular formula is C14H11BCl2N4O2. The van der Waals surface area contributed by atoms with E-state index in [0.29, 0.717) is 38.5 Å². The molecule has 0 bridgehead atoms. The van der Waals surface area contributed by atoms with Crippen molar-refractivity contribution in [3.8, 4) is 11.3 Å². The zero-order valence-electron chi connectivity index (χ0n) is 12.6. The monoisotopic (exact) mass is 348 g/mol. The Labute approximate surface area is 142 Å². The highest BCUT2D eigenvalue weighted by Gasteiger charge is 2.24. The van der Waals surface area contributed by atoms with Crippen LogP contribution in [0.5, 0.6) is 0 Å². The first-order chi connectivity index (χ1) is 10.9. The number of hydrogen-bond acceptors (Lipinski definition) is 5. The molecule has 3 aromatic rings. The molecule has 0 saturated heterocycles. The smallest absolute Gasteiger partial charge is 0.341 e. The molecule has 23 heavy (non-hydrogen) atoms. The Morgan fingerprint density at radius 1 is 1.30 bits per heavy atom. The average Bonchev–Trinajstić information content (AvgIpc) is 2.85. The van der Waals surface area contributed by atoms with Gasteiger partial charge in [0.1, 0.15) is 11.3 Å². The molecule has 0 N–H and O–H groups in total. The van der Waals surface area contributed by atoms with Crippen molar-refractivity contribution in [1.82, 2.24) is 19.6 Å². The van der Waals surface area contributed by atoms with Crippen LogP contribution in [0.1, 0.15) is 16.1 Å². The highest BCUT2D eigenvalue weighted by atomic mass is 35.5. The maximum absolute atomic E-state index is 12.3. The highest BCUT2D eigenvalue weighted by Crippen LogP contribution is 2.33. The number of rotatable bonds is 2. The van der Waals surface area contributed by atoms with Gasteiger partial charge in [-0.15, -0.1) is 0 Å². The molecule has 0 aliphatic heterocycles. The molecule has 0 aliphatic rings. The van der Waals surface area contributed by atoms with E-state index in [1.54, 1.807) is 33.0 Å². The summed E-state index contributed by atoms with van der Waals surface area (Å²) in [5.41, 5.74) is 2.37. The van der Waals surface area contributed by atoms with E-state index in [4.69, 9.17) is 27.9 Å². The number of aromatic nitrogens is 4. The standard InChI is InChI=1S/C14H11BCl2N4O2/c1-6-10(12(22)23-2)11(8-4-3-7(16)5-9(8)17)21-14(18-6)19-13(15)20-21/h3-5H,15H2,1-2H3. The Morgan fingerprint density at radius 2 is 2.04 bits per heavy atom. The molecule has 0 atom stereocenters. The summed E-state index contributed by atoms with van der Waals surface area (Å²) in [6.45, 7) is 1.71. The summed E-state index contributed by atoms with van der Waals surface area (Å²) in [4.78, 5) is 20.8. The molecule has 116 valence electrons. The lowest BCUT2D eigenvalue weighted by Gasteiger charge is -2.13. The maximum Gasteiger partial charge on any atom is 0.341 e. The minimum atomic E-state index is -0.522. The number of aryl methyl sites for hydroxylation is 1. The average molecular weight is 349 g/mol. The molecule has 9 heteroatoms. The Balaban J connectivity index is 2.46. The lowest BCUT2D eigenvalue weighted by atomic mass is 10.0. The zero-order chi connectivity index (χ0) is 16.7. The van der Waals surface area contributed by atoms with Crippen LogP contribution in [0.4, 0.5) is 0 Å². The third kappa shape index (κ3) is 2.66. The molecular weight excluding hydrogens is 338 g/mol. The fourth-order valence-electron chi connectivity index (χ4n) is 2.39. The first-order valence-electron chi connectivity index (χ1n) is 6.70. The summed E-state index contributed by atoms with van der Waals surface area (Å²) in [5, 5.41) is 5.20. The molecule has 3 rings (SSSR count). The number of carbonyl (C=O) groups excluding carboxylic acids is 1. The fraction of sp³-hybridized carbons (Fsp3) is 0.143. The second-order valence-corrected chi connectivity index (χ2v) is 5.75. The van der Waals surface area contributed by atoms with Gasteiger partial charge in [-0.25, -0.2) is 14.8 Å². The van der Waals surface area contributed by atoms with Gasteiger partial charge in [-0.2, -0.15) is 9.61 Å². The number of carbonyl (C=O) groups is 1. The molecule has 0 amide bonds. The van der Waals surface area contributed by atoms with Crippen molar-refractivity contribution in [2.75, 3.05) is 7.11 Å². The second-order valence-electron chi connectivity index (χ2n) is 4.91. The van der Waals surface area contributed by atoms with Gasteiger partial charge in [0.25, 0.3) is 5.78 Å². The van der Waals surface area contributed by atoms with E-state index in [2.05, 4.69) is 15.1 Å². The normalized spacial score (nSPS) is 11.0. The molecule has 0 fully saturated rings. The summed E-state index contributed by atoms with van der Waals surface area (Å²) < 4.78 is 6.38. The van der Waals surface area contributed by atoms with E-state index in [-0.39, 0.29) is 5.56 Å². The van der Waals surface area contributed by atoms with Gasteiger partial charge in [-0.3, -0.25) is 0 Å². The number of benzene rings is 1. The van der Waals surface area contributed by atoms with E-state index in [0.717, 1.165) is 0 Å². The number of hydrogen-bond donors (Lipinski definition) is 0. The van der Waals surface area contributed by atoms with Crippen LogP contribution in [0.15, 0.2) is 18.2 Å². The Bertz CT molecular complexity index is 942. The molecule has 0 aliphatic carbocycles. The third-order valence-electron chi connectivity index (χ3n) is 3.35. The summed E-state index contributed by atoms with van der Waals surface area (Å²) in [5.74, 6) is -0.139. The number of esters is 1. The highest BCUT2D eigenvalue weighted by molar-refractivity contribution is 6.36. The molecule has 6 nitrogen and oxygen atoms in total. The van der Waals surface area contributed by atoms with Crippen LogP contribution in [0.3, 0.4) is 0 Å². The lowest BCUT2D eigenvalue weighted by Crippen LogP contribution is -2.13. The Hall–Kier alpha value is -2.12. The third-order valence-corrected chi connectivity index (χ3v) is 3.90. The minimum Gasteiger partial charge on any atom is -0.465 e. The topological polar surface area (TPSA) is 69.4 Å². The van der Waals surface area contributed by atoms with Gasteiger partial charge < -0.3 is 4.74 Å². The first-order valence-corrected chi connectivity index (χ1v) is 7.45. The van der Waals surface area contributed by atoms with E-state index < -0.39 is 5.97 Å². The Kier molecular flexibility index (Phi) is 4.00. The molecule has 1 aromatic carbocycles. The van der Waals surface area contributed by atoms with Gasteiger partial charge >= 0.3 is 5.97 Å². The lowest BCUT2D eigenvalue weighted by molar-refractivity contribution is 0.0599. The van der Waals surface area contributed by atoms with E-state index in [9.17, 15) is 4.79 Å². The van der Waals surface area contributed by atoms with Gasteiger partial charge in [0.05, 0.1) is 23.5 Å². The molecule has 0 saturated carbocycles. The number of fused-ring (bicyclic) bond motifs is 1. The van der Waals surface area contributed by atoms with Crippen LogP contribution in [0, 0.1) is 6.92 Å². The minimum absolute atomic E-state index is 0.286. The van der Waals surface area contributed by atoms with Crippen LogP contribution in [-0.2, 0) is 4.74 Å². The SMILES string of the molecule is Bc1nc2nc(C)c(C(=O)OC)c(-c3ccc(Cl)cc3Cl)n2n1. The van der Waals surface area contributed by atoms with Crippen molar-refractivity contribution >= 4 is 48.5 Å². The van der Waals surface area contributed by atoms with Gasteiger partial charge in [0.2, 0.25) is 0 Å². The van der Waals surface area contributed by atoms with E-state index in [1.807, 2.05) is 0 Å². The van der Waals surface area contributed by atoms with Crippen molar-refractivity contribution in [3.63, 3.8) is 0 Å². The number of halogens is 2. The van der Waals surface area contributed by atoms with E-state index >= 15 is 0 Å². The van der Waals surface area contributed by atoms with Crippen LogP contribution in [-0.4, -0.2) is 40.5 Å². The van der Waals surface area contributed by atoms with Crippen LogP contribution in [0.2, 0.25) is 10.0 Å². The van der Waals surface area contributed by atoms with Crippen molar-refractivity contribution < 1.29 is 9.53 Å². The van der Waals surface area contributed by atoms with Crippen LogP contribution in [0.25, 0.3) is 17.0 Å². The fourth-order valence-corrected chi connectivity index (χ4v) is 2.88. The number of ether oxygens (including phenoxy) is 1. The van der Waals surface area contributed by atoms with Gasteiger partial charge in [-0.1, -0.05) is 23.2 Å². The number of methoxy groups -OCH3 is 1. The summed E-state index contributed by atoms with van der Waals surface area (Å²) in [6.07, 6.45) is 0. The van der Waals surface area contributed by atoms with Crippen molar-refractivity contribution in [2.24, 2.45) is 0 Å². The molecule has 0 unspecified atom stereocenters. The first kappa shape index (κ1) is 15.8. The van der Waals surface area contributed by atoms with Crippen LogP contribution < -0.4 is 5.72 Å². The molecule has 2 heterocycles. The van der Waals surface area contributed by atoms with Gasteiger partial charge in [-0.05, 0) is 25.1 Å². The van der Waals surface area contributed by atoms with Gasteiger partial charge in [0, 0.05) is 10.6 Å².